The predicted octanol–water partition coefficient (Wildman–Crippen LogP) is -0.855. The molecule has 0 bridgehead atoms. The van der Waals surface area contributed by atoms with Gasteiger partial charge in [0.1, 0.15) is 0 Å². The zero-order chi connectivity index (χ0) is 47.0. The largest absolute Gasteiger partial charge is 0.394 e. The van der Waals surface area contributed by atoms with Crippen molar-refractivity contribution in [2.45, 2.75) is 56.2 Å². The number of rotatable bonds is 24. The fourth-order valence-electron chi connectivity index (χ4n) is 4.94. The minimum Gasteiger partial charge on any atom is -0.394 e. The maximum Gasteiger partial charge on any atom is 0.253 e. The molecule has 0 saturated carbocycles. The lowest BCUT2D eigenvalue weighted by Gasteiger charge is -2.21. The van der Waals surface area contributed by atoms with Gasteiger partial charge in [-0.1, -0.05) is 0 Å². The first-order valence-electron chi connectivity index (χ1n) is 18.1. The normalized spacial score (nSPS) is 13.2. The van der Waals surface area contributed by atoms with E-state index >= 15 is 0 Å². The molecule has 6 amide bonds. The predicted molar refractivity (Wildman–Crippen MR) is 273 cm³/mol. The molecule has 0 aliphatic rings. The lowest BCUT2D eigenvalue weighted by molar-refractivity contribution is -0.116. The highest BCUT2D eigenvalue weighted by molar-refractivity contribution is 14.1. The van der Waals surface area contributed by atoms with Gasteiger partial charge in [-0.25, -0.2) is 0 Å². The molecule has 62 heavy (non-hydrogen) atoms. The van der Waals surface area contributed by atoms with E-state index in [-0.39, 0.29) is 107 Å². The van der Waals surface area contributed by atoms with Crippen LogP contribution >= 0.6 is 136 Å². The molecule has 0 radical (unpaired) electrons. The van der Waals surface area contributed by atoms with Gasteiger partial charge in [-0.2, -0.15) is 0 Å². The maximum absolute atomic E-state index is 13.3. The number of halogens is 6. The number of nitrogens with one attached hydrogen (secondary N) is 6. The molecule has 346 valence electrons. The summed E-state index contributed by atoms with van der Waals surface area (Å²) < 4.78 is 1.21. The van der Waals surface area contributed by atoms with Crippen molar-refractivity contribution in [1.82, 2.24) is 21.3 Å². The molecule has 4 atom stereocenters. The number of amides is 6. The molecule has 0 saturated heterocycles. The van der Waals surface area contributed by atoms with Crippen molar-refractivity contribution in [2.24, 2.45) is 0 Å². The van der Waals surface area contributed by atoms with E-state index in [0.717, 1.165) is 0 Å². The van der Waals surface area contributed by atoms with Crippen LogP contribution in [0.2, 0.25) is 0 Å². The Morgan fingerprint density at radius 1 is 0.387 bits per heavy atom. The molecule has 27 heteroatoms. The van der Waals surface area contributed by atoms with E-state index in [1.54, 1.807) is 45.2 Å². The Kier molecular flexibility index (Phi) is 26.3. The van der Waals surface area contributed by atoms with Gasteiger partial charge in [-0.15, -0.1) is 0 Å². The second-order valence-electron chi connectivity index (χ2n) is 13.1. The lowest BCUT2D eigenvalue weighted by Crippen LogP contribution is -2.37. The van der Waals surface area contributed by atoms with Crippen LogP contribution in [0.25, 0.3) is 0 Å². The van der Waals surface area contributed by atoms with E-state index in [0.29, 0.717) is 0 Å². The van der Waals surface area contributed by atoms with Crippen LogP contribution in [0, 0.1) is 21.4 Å². The van der Waals surface area contributed by atoms with Gasteiger partial charge in [-0.3, -0.25) is 28.8 Å². The van der Waals surface area contributed by atoms with Crippen molar-refractivity contribution in [3.05, 3.63) is 43.7 Å². The molecule has 0 spiro atoms. The molecule has 0 aliphatic heterocycles. The zero-order valence-corrected chi connectivity index (χ0v) is 45.1. The van der Waals surface area contributed by atoms with Gasteiger partial charge < -0.3 is 77.9 Å². The molecule has 0 heterocycles. The SMILES string of the molecule is O=C(CCC(O)CCC(=O)Nc1c(I)c(C(=O)NC[C@H](O)CO)c(I)c(C(=O)NC[C@H](O)CO)c1I)Nc1c(I)c(C(=O)NC[C@H](O)CO)c(I)c(C(=O)NC[C@H](O)CO)c1I. The third kappa shape index (κ3) is 16.9. The monoisotopic (exact) mass is 1550 g/mol. The van der Waals surface area contributed by atoms with Crippen molar-refractivity contribution in [1.29, 1.82) is 0 Å². The van der Waals surface area contributed by atoms with Crippen molar-refractivity contribution in [3.63, 3.8) is 0 Å². The molecule has 0 aliphatic carbocycles. The quantitative estimate of drug-likeness (QED) is 0.0569. The Labute approximate surface area is 436 Å². The summed E-state index contributed by atoms with van der Waals surface area (Å²) in [6.45, 7) is -3.84. The highest BCUT2D eigenvalue weighted by Crippen LogP contribution is 2.37. The first-order valence-corrected chi connectivity index (χ1v) is 24.6. The van der Waals surface area contributed by atoms with Crippen LogP contribution in [-0.2, 0) is 9.59 Å². The van der Waals surface area contributed by atoms with Gasteiger partial charge in [0.05, 0.1) is 105 Å². The van der Waals surface area contributed by atoms with Gasteiger partial charge in [0, 0.05) is 46.2 Å². The molecule has 0 fully saturated rings. The van der Waals surface area contributed by atoms with E-state index < -0.39 is 92.4 Å². The summed E-state index contributed by atoms with van der Waals surface area (Å²) in [4.78, 5) is 79.7. The summed E-state index contributed by atoms with van der Waals surface area (Å²) in [7, 11) is 0. The smallest absolute Gasteiger partial charge is 0.253 e. The van der Waals surface area contributed by atoms with Crippen molar-refractivity contribution < 1.29 is 74.7 Å². The number of hydrogen-bond acceptors (Lipinski definition) is 15. The molecule has 15 N–H and O–H groups in total. The van der Waals surface area contributed by atoms with Crippen LogP contribution in [-0.4, -0.2) is 165 Å². The number of carbonyl (C=O) groups is 6. The number of benzene rings is 2. The van der Waals surface area contributed by atoms with E-state index in [2.05, 4.69) is 31.9 Å². The lowest BCUT2D eigenvalue weighted by atomic mass is 10.1. The minimum atomic E-state index is -1.27. The summed E-state index contributed by atoms with van der Waals surface area (Å²) in [5.74, 6) is -4.21. The molecular formula is C35H44I6N6O15. The molecular weight excluding hydrogens is 1510 g/mol. The fourth-order valence-corrected chi connectivity index (χ4v) is 13.8. The van der Waals surface area contributed by atoms with E-state index in [1.807, 2.05) is 90.4 Å². The number of aliphatic hydroxyl groups excluding tert-OH is 9. The number of hydrogen-bond donors (Lipinski definition) is 15. The Bertz CT molecular complexity index is 1720. The van der Waals surface area contributed by atoms with Crippen LogP contribution in [0.5, 0.6) is 0 Å². The summed E-state index contributed by atoms with van der Waals surface area (Å²) in [6.07, 6.45) is -7.12. The molecule has 2 aromatic rings. The molecule has 2 rings (SSSR count). The third-order valence-electron chi connectivity index (χ3n) is 8.32. The Balaban J connectivity index is 2.30. The topological polar surface area (TPSA) is 357 Å². The maximum atomic E-state index is 13.3. The first kappa shape index (κ1) is 57.4. The van der Waals surface area contributed by atoms with Gasteiger partial charge in [0.15, 0.2) is 0 Å². The number of aliphatic hydroxyl groups is 9. The number of carbonyl (C=O) groups excluding carboxylic acids is 6. The van der Waals surface area contributed by atoms with E-state index in [4.69, 9.17) is 0 Å². The van der Waals surface area contributed by atoms with Gasteiger partial charge in [0.25, 0.3) is 23.6 Å². The molecule has 2 aromatic carbocycles. The first-order chi connectivity index (χ1) is 29.1. The van der Waals surface area contributed by atoms with Crippen LogP contribution in [0.1, 0.15) is 67.1 Å². The van der Waals surface area contributed by atoms with Crippen molar-refractivity contribution >= 4 is 182 Å². The summed E-state index contributed by atoms with van der Waals surface area (Å²) in [6, 6.07) is 0. The molecule has 21 nitrogen and oxygen atoms in total. The molecule has 0 unspecified atom stereocenters. The van der Waals surface area contributed by atoms with Crippen molar-refractivity contribution in [2.75, 3.05) is 63.2 Å². The highest BCUT2D eigenvalue weighted by atomic mass is 127. The zero-order valence-electron chi connectivity index (χ0n) is 32.1. The average Bonchev–Trinajstić information content (AvgIpc) is 3.24. The second-order valence-corrected chi connectivity index (χ2v) is 19.6. The van der Waals surface area contributed by atoms with Gasteiger partial charge in [0.2, 0.25) is 11.8 Å². The van der Waals surface area contributed by atoms with Crippen LogP contribution in [0.4, 0.5) is 11.4 Å². The minimum absolute atomic E-state index is 0.0371. The van der Waals surface area contributed by atoms with Crippen molar-refractivity contribution in [3.8, 4) is 0 Å². The highest BCUT2D eigenvalue weighted by Gasteiger charge is 2.31. The fraction of sp³-hybridized carbons (Fsp3) is 0.486. The number of anilines is 2. The van der Waals surface area contributed by atoms with Crippen LogP contribution in [0.3, 0.4) is 0 Å². The van der Waals surface area contributed by atoms with Gasteiger partial charge in [-0.05, 0) is 148 Å². The summed E-state index contributed by atoms with van der Waals surface area (Å²) in [5.41, 5.74) is -0.00375. The Morgan fingerprint density at radius 3 is 0.823 bits per heavy atom. The Morgan fingerprint density at radius 2 is 0.613 bits per heavy atom. The molecule has 0 aromatic heterocycles. The standard InChI is InChI=1S/C35H44I6N6O15/c36-24-20(32(59)42-5-14(53)9-48)26(38)30(27(39)21(24)33(60)43-6-15(54)10-49)46-18(57)3-1-13(52)2-4-19(58)47-31-28(40)22(34(61)44-7-16(55)11-50)25(37)23(29(31)41)35(62)45-8-17(56)12-51/h13-17,48-56H,1-12H2,(H,42,59)(H,43,60)(H,44,61)(H,45,62)(H,46,57)(H,47,58)/t14-,15-,16-,17-/m0/s1. The summed E-state index contributed by atoms with van der Waals surface area (Å²) >= 11 is 10.8. The van der Waals surface area contributed by atoms with Crippen LogP contribution in [0.15, 0.2) is 0 Å². The van der Waals surface area contributed by atoms with Crippen LogP contribution < -0.4 is 31.9 Å². The average molecular weight is 1550 g/mol. The van der Waals surface area contributed by atoms with Gasteiger partial charge >= 0.3 is 0 Å². The Hall–Kier alpha value is -0.720. The second kappa shape index (κ2) is 28.5. The van der Waals surface area contributed by atoms with E-state index in [1.165, 1.54) is 0 Å². The van der Waals surface area contributed by atoms with E-state index in [9.17, 15) is 74.7 Å². The summed E-state index contributed by atoms with van der Waals surface area (Å²) in [5, 5.41) is 102. The third-order valence-corrected chi connectivity index (χ3v) is 14.8.